The summed E-state index contributed by atoms with van der Waals surface area (Å²) in [5, 5.41) is 2.40. The van der Waals surface area contributed by atoms with Crippen molar-refractivity contribution in [2.45, 2.75) is 11.1 Å². The Hall–Kier alpha value is -2.39. The summed E-state index contributed by atoms with van der Waals surface area (Å²) in [6, 6.07) is 36.7. The Kier molecular flexibility index (Phi) is 5.64. The van der Waals surface area contributed by atoms with Crippen LogP contribution in [0.15, 0.2) is 103 Å². The molecule has 0 atom stereocenters. The molecule has 0 saturated carbocycles. The number of nitrogens with two attached hydrogens (primary N) is 1. The minimum absolute atomic E-state index is 0.518. The van der Waals surface area contributed by atoms with Gasteiger partial charge in [-0.05, 0) is 0 Å². The van der Waals surface area contributed by atoms with Crippen LogP contribution in [0.4, 0.5) is 0 Å². The van der Waals surface area contributed by atoms with Crippen LogP contribution in [0, 0.1) is 0 Å². The van der Waals surface area contributed by atoms with Gasteiger partial charge >= 0.3 is 213 Å². The summed E-state index contributed by atoms with van der Waals surface area (Å²) in [4.78, 5) is 0. The van der Waals surface area contributed by atoms with Crippen LogP contribution >= 0.6 is 18.6 Å². The SMILES string of the molecule is [NH2][Ti]([Cl])([Cl])[CH2]c1c(-c2cccc3c2Cc2ccccc2-3)cc2ccccc2c1-c1ccccc1. The Morgan fingerprint density at radius 1 is 0.676 bits per heavy atom. The summed E-state index contributed by atoms with van der Waals surface area (Å²) in [6.07, 6.45) is 0.922. The second-order valence-electron chi connectivity index (χ2n) is 8.97. The number of halogens is 2. The average molecular weight is 516 g/mol. The van der Waals surface area contributed by atoms with Gasteiger partial charge in [0, 0.05) is 0 Å². The van der Waals surface area contributed by atoms with Gasteiger partial charge in [-0.1, -0.05) is 0 Å². The predicted molar refractivity (Wildman–Crippen MR) is 143 cm³/mol. The third-order valence-electron chi connectivity index (χ3n) is 6.77. The van der Waals surface area contributed by atoms with Crippen molar-refractivity contribution >= 4 is 29.4 Å². The molecule has 0 unspecified atom stereocenters. The third kappa shape index (κ3) is 3.92. The molecule has 0 amide bonds. The maximum atomic E-state index is 6.66. The predicted octanol–water partition coefficient (Wildman–Crippen LogP) is 8.58. The van der Waals surface area contributed by atoms with E-state index in [0.29, 0.717) is 4.73 Å². The summed E-state index contributed by atoms with van der Waals surface area (Å²) >= 11 is -3.51. The van der Waals surface area contributed by atoms with E-state index < -0.39 is 14.7 Å². The molecule has 34 heavy (non-hydrogen) atoms. The molecule has 5 aromatic carbocycles. The van der Waals surface area contributed by atoms with E-state index in [1.807, 2.05) is 6.07 Å². The Labute approximate surface area is 211 Å². The van der Waals surface area contributed by atoms with Crippen molar-refractivity contribution in [3.8, 4) is 33.4 Å². The zero-order valence-corrected chi connectivity index (χ0v) is 21.6. The topological polar surface area (TPSA) is 26.0 Å². The van der Waals surface area contributed by atoms with Crippen LogP contribution in [0.5, 0.6) is 0 Å². The average Bonchev–Trinajstić information content (AvgIpc) is 3.22. The van der Waals surface area contributed by atoms with Gasteiger partial charge in [0.25, 0.3) is 0 Å². The van der Waals surface area contributed by atoms with E-state index in [1.54, 1.807) is 0 Å². The van der Waals surface area contributed by atoms with Crippen molar-refractivity contribution < 1.29 is 14.7 Å². The molecular formula is C30H23Cl2NTi. The molecule has 166 valence electrons. The van der Waals surface area contributed by atoms with Gasteiger partial charge in [-0.15, -0.1) is 0 Å². The van der Waals surface area contributed by atoms with Crippen molar-refractivity contribution in [3.05, 3.63) is 120 Å². The van der Waals surface area contributed by atoms with Crippen molar-refractivity contribution in [3.63, 3.8) is 0 Å². The second kappa shape index (κ2) is 8.68. The van der Waals surface area contributed by atoms with Gasteiger partial charge in [0.15, 0.2) is 0 Å². The van der Waals surface area contributed by atoms with E-state index in [9.17, 15) is 0 Å². The molecule has 6 rings (SSSR count). The van der Waals surface area contributed by atoms with Gasteiger partial charge in [-0.25, -0.2) is 0 Å². The van der Waals surface area contributed by atoms with Crippen LogP contribution in [0.1, 0.15) is 16.7 Å². The van der Waals surface area contributed by atoms with Crippen LogP contribution in [-0.2, 0) is 25.9 Å². The van der Waals surface area contributed by atoms with E-state index in [1.165, 1.54) is 49.7 Å². The molecule has 0 saturated heterocycles. The fourth-order valence-corrected chi connectivity index (χ4v) is 7.81. The minimum atomic E-state index is -3.51. The standard InChI is InChI=1S/C30H21.2ClH.H2N.Ti/c1-20-28(27-17-9-16-26-24-14-7-5-12-22(24)19-29(26)27)18-23-13-6-8-15-25(23)30(20)21-10-3-2-4-11-21;;;;/h2-18H,1,19H2;2*1H;1H2;/q;;;-1;+3/p-2. The van der Waals surface area contributed by atoms with Gasteiger partial charge in [-0.2, -0.15) is 0 Å². The Bertz CT molecular complexity index is 1540. The van der Waals surface area contributed by atoms with Gasteiger partial charge in [0.2, 0.25) is 0 Å². The van der Waals surface area contributed by atoms with E-state index >= 15 is 0 Å². The molecule has 0 radical (unpaired) electrons. The molecule has 4 heteroatoms. The molecule has 1 aliphatic rings. The van der Waals surface area contributed by atoms with Gasteiger partial charge < -0.3 is 0 Å². The molecule has 1 aliphatic carbocycles. The molecule has 0 fully saturated rings. The molecule has 0 heterocycles. The summed E-state index contributed by atoms with van der Waals surface area (Å²) in [5.41, 5.74) is 11.3. The molecular weight excluding hydrogens is 493 g/mol. The Balaban J connectivity index is 1.70. The molecule has 1 nitrogen and oxygen atoms in total. The summed E-state index contributed by atoms with van der Waals surface area (Å²) in [6.45, 7) is 0. The molecule has 5 aromatic rings. The zero-order chi connectivity index (χ0) is 23.3. The first-order valence-corrected chi connectivity index (χ1v) is 17.8. The Morgan fingerprint density at radius 2 is 1.32 bits per heavy atom. The molecule has 0 aliphatic heterocycles. The first kappa shape index (κ1) is 22.1. The number of hydrogen-bond donors (Lipinski definition) is 1. The summed E-state index contributed by atoms with van der Waals surface area (Å²) in [5.74, 6) is 0. The molecule has 0 bridgehead atoms. The van der Waals surface area contributed by atoms with E-state index in [4.69, 9.17) is 22.8 Å². The fraction of sp³-hybridized carbons (Fsp3) is 0.0667. The number of fused-ring (bicyclic) bond motifs is 4. The van der Waals surface area contributed by atoms with Crippen molar-refractivity contribution in [2.75, 3.05) is 0 Å². The molecule has 0 spiro atoms. The maximum absolute atomic E-state index is 6.66. The second-order valence-corrected chi connectivity index (χ2v) is 18.3. The molecule has 2 N–H and O–H groups in total. The number of rotatable bonds is 4. The monoisotopic (exact) mass is 515 g/mol. The van der Waals surface area contributed by atoms with E-state index in [2.05, 4.69) is 97.1 Å². The normalized spacial score (nSPS) is 12.6. The van der Waals surface area contributed by atoms with Gasteiger partial charge in [-0.3, -0.25) is 0 Å². The quantitative estimate of drug-likeness (QED) is 0.234. The summed E-state index contributed by atoms with van der Waals surface area (Å²) < 4.78 is 6.92. The fourth-order valence-electron chi connectivity index (χ4n) is 5.39. The number of hydrogen-bond acceptors (Lipinski definition) is 1. The molecule has 0 aromatic heterocycles. The van der Waals surface area contributed by atoms with Crippen molar-refractivity contribution in [2.24, 2.45) is 4.22 Å². The number of benzene rings is 5. The van der Waals surface area contributed by atoms with Crippen LogP contribution in [0.2, 0.25) is 0 Å². The first-order valence-electron chi connectivity index (χ1n) is 11.5. The van der Waals surface area contributed by atoms with E-state index in [-0.39, 0.29) is 0 Å². The van der Waals surface area contributed by atoms with Gasteiger partial charge in [0.05, 0.1) is 0 Å². The third-order valence-corrected chi connectivity index (χ3v) is 9.16. The van der Waals surface area contributed by atoms with E-state index in [0.717, 1.165) is 17.5 Å². The Morgan fingerprint density at radius 3 is 2.12 bits per heavy atom. The van der Waals surface area contributed by atoms with Crippen LogP contribution in [0.3, 0.4) is 0 Å². The van der Waals surface area contributed by atoms with Gasteiger partial charge in [0.1, 0.15) is 0 Å². The van der Waals surface area contributed by atoms with Crippen LogP contribution in [0.25, 0.3) is 44.2 Å². The van der Waals surface area contributed by atoms with Crippen LogP contribution < -0.4 is 4.22 Å². The van der Waals surface area contributed by atoms with Crippen LogP contribution in [-0.4, -0.2) is 0 Å². The van der Waals surface area contributed by atoms with Crippen molar-refractivity contribution in [1.29, 1.82) is 0 Å². The zero-order valence-electron chi connectivity index (χ0n) is 18.6. The first-order chi connectivity index (χ1) is 16.5. The van der Waals surface area contributed by atoms with Crippen molar-refractivity contribution in [1.82, 2.24) is 0 Å². The summed E-state index contributed by atoms with van der Waals surface area (Å²) in [7, 11) is 13.3.